The minimum Gasteiger partial charge on any atom is -0.493 e. The summed E-state index contributed by atoms with van der Waals surface area (Å²) in [4.78, 5) is 18.4. The Hall–Kier alpha value is -3.22. The van der Waals surface area contributed by atoms with Gasteiger partial charge in [-0.2, -0.15) is 0 Å². The molecule has 2 aromatic rings. The molecule has 7 heteroatoms. The number of nitrogens with zero attached hydrogens (tertiary/aromatic N) is 2. The van der Waals surface area contributed by atoms with Gasteiger partial charge in [-0.15, -0.1) is 0 Å². The molecule has 1 heterocycles. The Kier molecular flexibility index (Phi) is 7.54. The first kappa shape index (κ1) is 21.5. The molecule has 160 valence electrons. The van der Waals surface area contributed by atoms with Crippen molar-refractivity contribution in [3.63, 3.8) is 0 Å². The molecule has 7 nitrogen and oxygen atoms in total. The Morgan fingerprint density at radius 1 is 1.07 bits per heavy atom. The highest BCUT2D eigenvalue weighted by Crippen LogP contribution is 2.29. The Morgan fingerprint density at radius 2 is 1.80 bits per heavy atom. The Morgan fingerprint density at radius 3 is 2.43 bits per heavy atom. The molecule has 2 N–H and O–H groups in total. The summed E-state index contributed by atoms with van der Waals surface area (Å²) in [6.07, 6.45) is 1.64. The molecule has 1 fully saturated rings. The number of anilines is 1. The van der Waals surface area contributed by atoms with Crippen LogP contribution in [0.15, 0.2) is 47.5 Å². The SMILES string of the molecule is CCNC(=NCc1ccc(CN2CCCC2=O)cc1)Nc1ccc(OC)c(OC)c1. The molecule has 0 unspecified atom stereocenters. The van der Waals surface area contributed by atoms with Crippen LogP contribution in [0, 0.1) is 0 Å². The summed E-state index contributed by atoms with van der Waals surface area (Å²) in [5.74, 6) is 2.28. The van der Waals surface area contributed by atoms with Crippen LogP contribution < -0.4 is 20.1 Å². The van der Waals surface area contributed by atoms with E-state index in [0.29, 0.717) is 37.0 Å². The number of carbonyl (C=O) groups is 1. The average molecular weight is 411 g/mol. The molecule has 30 heavy (non-hydrogen) atoms. The third-order valence-corrected chi connectivity index (χ3v) is 4.98. The molecule has 1 saturated heterocycles. The molecule has 0 atom stereocenters. The second-order valence-corrected chi connectivity index (χ2v) is 7.13. The normalized spacial score (nSPS) is 14.0. The molecule has 0 aliphatic carbocycles. The molecule has 2 aromatic carbocycles. The van der Waals surface area contributed by atoms with Gasteiger partial charge in [-0.1, -0.05) is 24.3 Å². The van der Waals surface area contributed by atoms with Gasteiger partial charge in [0.1, 0.15) is 0 Å². The number of likely N-dealkylation sites (tertiary alicyclic amines) is 1. The molecule has 0 aromatic heterocycles. The van der Waals surface area contributed by atoms with E-state index < -0.39 is 0 Å². The lowest BCUT2D eigenvalue weighted by molar-refractivity contribution is -0.128. The highest BCUT2D eigenvalue weighted by Gasteiger charge is 2.19. The number of aliphatic imine (C=N–C) groups is 1. The molecule has 1 aliphatic rings. The molecule has 1 aliphatic heterocycles. The van der Waals surface area contributed by atoms with Crippen LogP contribution >= 0.6 is 0 Å². The Balaban J connectivity index is 1.63. The topological polar surface area (TPSA) is 75.2 Å². The lowest BCUT2D eigenvalue weighted by Gasteiger charge is -2.15. The van der Waals surface area contributed by atoms with Crippen molar-refractivity contribution in [3.8, 4) is 11.5 Å². The first-order valence-electron chi connectivity index (χ1n) is 10.3. The maximum Gasteiger partial charge on any atom is 0.222 e. The van der Waals surface area contributed by atoms with E-state index in [9.17, 15) is 4.79 Å². The number of ether oxygens (including phenoxy) is 2. The van der Waals surface area contributed by atoms with Crippen molar-refractivity contribution in [1.82, 2.24) is 10.2 Å². The van der Waals surface area contributed by atoms with E-state index in [1.54, 1.807) is 14.2 Å². The number of amides is 1. The van der Waals surface area contributed by atoms with Gasteiger partial charge < -0.3 is 25.0 Å². The van der Waals surface area contributed by atoms with Crippen molar-refractivity contribution in [1.29, 1.82) is 0 Å². The van der Waals surface area contributed by atoms with Crippen LogP contribution in [0.25, 0.3) is 0 Å². The van der Waals surface area contributed by atoms with Crippen molar-refractivity contribution in [2.75, 3.05) is 32.6 Å². The first-order chi connectivity index (χ1) is 14.6. The van der Waals surface area contributed by atoms with Gasteiger partial charge in [0.05, 0.1) is 20.8 Å². The van der Waals surface area contributed by atoms with Crippen LogP contribution in [0.3, 0.4) is 0 Å². The summed E-state index contributed by atoms with van der Waals surface area (Å²) in [6, 6.07) is 13.9. The van der Waals surface area contributed by atoms with Crippen molar-refractivity contribution in [2.24, 2.45) is 4.99 Å². The standard InChI is InChI=1S/C23H30N4O3/c1-4-24-23(26-19-11-12-20(29-2)21(14-19)30-3)25-15-17-7-9-18(10-8-17)16-27-13-5-6-22(27)28/h7-12,14H,4-6,13,15-16H2,1-3H3,(H2,24,25,26). The van der Waals surface area contributed by atoms with E-state index in [0.717, 1.165) is 36.3 Å². The minimum absolute atomic E-state index is 0.250. The molecule has 1 amide bonds. The van der Waals surface area contributed by atoms with Gasteiger partial charge >= 0.3 is 0 Å². The fraction of sp³-hybridized carbons (Fsp3) is 0.391. The van der Waals surface area contributed by atoms with Gasteiger partial charge in [0.25, 0.3) is 0 Å². The molecule has 0 bridgehead atoms. The van der Waals surface area contributed by atoms with E-state index in [1.807, 2.05) is 30.0 Å². The van der Waals surface area contributed by atoms with E-state index in [1.165, 1.54) is 0 Å². The van der Waals surface area contributed by atoms with E-state index in [2.05, 4.69) is 39.9 Å². The minimum atomic E-state index is 0.250. The van der Waals surface area contributed by atoms with Gasteiger partial charge in [-0.05, 0) is 36.6 Å². The predicted octanol–water partition coefficient (Wildman–Crippen LogP) is 3.40. The van der Waals surface area contributed by atoms with E-state index in [-0.39, 0.29) is 5.91 Å². The predicted molar refractivity (Wildman–Crippen MR) is 119 cm³/mol. The number of benzene rings is 2. The summed E-state index contributed by atoms with van der Waals surface area (Å²) in [6.45, 7) is 4.87. The van der Waals surface area contributed by atoms with Crippen LogP contribution in [0.4, 0.5) is 5.69 Å². The third-order valence-electron chi connectivity index (χ3n) is 4.98. The quantitative estimate of drug-likeness (QED) is 0.515. The zero-order valence-corrected chi connectivity index (χ0v) is 17.9. The monoisotopic (exact) mass is 410 g/mol. The molecule has 0 radical (unpaired) electrons. The van der Waals surface area contributed by atoms with Crippen LogP contribution in [0.1, 0.15) is 30.9 Å². The number of carbonyl (C=O) groups excluding carboxylic acids is 1. The molecular weight excluding hydrogens is 380 g/mol. The van der Waals surface area contributed by atoms with E-state index >= 15 is 0 Å². The molecule has 0 saturated carbocycles. The Bertz CT molecular complexity index is 881. The maximum atomic E-state index is 11.8. The third kappa shape index (κ3) is 5.65. The van der Waals surface area contributed by atoms with Crippen molar-refractivity contribution < 1.29 is 14.3 Å². The first-order valence-corrected chi connectivity index (χ1v) is 10.3. The molecule has 0 spiro atoms. The number of rotatable bonds is 8. The summed E-state index contributed by atoms with van der Waals surface area (Å²) >= 11 is 0. The fourth-order valence-corrected chi connectivity index (χ4v) is 3.37. The van der Waals surface area contributed by atoms with Crippen molar-refractivity contribution in [2.45, 2.75) is 32.9 Å². The van der Waals surface area contributed by atoms with Gasteiger partial charge in [-0.3, -0.25) is 4.79 Å². The Labute approximate surface area is 178 Å². The van der Waals surface area contributed by atoms with Crippen molar-refractivity contribution >= 4 is 17.6 Å². The lowest BCUT2D eigenvalue weighted by atomic mass is 10.1. The van der Waals surface area contributed by atoms with Gasteiger partial charge in [0.2, 0.25) is 5.91 Å². The number of methoxy groups -OCH3 is 2. The van der Waals surface area contributed by atoms with E-state index in [4.69, 9.17) is 9.47 Å². The second kappa shape index (κ2) is 10.5. The highest BCUT2D eigenvalue weighted by molar-refractivity contribution is 5.93. The number of nitrogens with one attached hydrogen (secondary N) is 2. The van der Waals surface area contributed by atoms with Crippen molar-refractivity contribution in [3.05, 3.63) is 53.6 Å². The summed E-state index contributed by atoms with van der Waals surface area (Å²) in [5.41, 5.74) is 3.11. The number of hydrogen-bond acceptors (Lipinski definition) is 4. The zero-order valence-electron chi connectivity index (χ0n) is 17.9. The van der Waals surface area contributed by atoms with Gasteiger partial charge in [0.15, 0.2) is 17.5 Å². The summed E-state index contributed by atoms with van der Waals surface area (Å²) in [5, 5.41) is 6.55. The maximum absolute atomic E-state index is 11.8. The lowest BCUT2D eigenvalue weighted by Crippen LogP contribution is -2.30. The largest absolute Gasteiger partial charge is 0.493 e. The summed E-state index contributed by atoms with van der Waals surface area (Å²) in [7, 11) is 3.23. The molecular formula is C23H30N4O3. The number of hydrogen-bond donors (Lipinski definition) is 2. The molecule has 3 rings (SSSR count). The summed E-state index contributed by atoms with van der Waals surface area (Å²) < 4.78 is 10.6. The average Bonchev–Trinajstić information content (AvgIpc) is 3.17. The van der Waals surface area contributed by atoms with Crippen LogP contribution in [0.5, 0.6) is 11.5 Å². The fourth-order valence-electron chi connectivity index (χ4n) is 3.37. The number of guanidine groups is 1. The highest BCUT2D eigenvalue weighted by atomic mass is 16.5. The van der Waals surface area contributed by atoms with Crippen LogP contribution in [-0.4, -0.2) is 44.1 Å². The van der Waals surface area contributed by atoms with Crippen LogP contribution in [0.2, 0.25) is 0 Å². The zero-order chi connectivity index (χ0) is 21.3. The van der Waals surface area contributed by atoms with Gasteiger partial charge in [0, 0.05) is 37.8 Å². The van der Waals surface area contributed by atoms with Gasteiger partial charge in [-0.25, -0.2) is 4.99 Å². The second-order valence-electron chi connectivity index (χ2n) is 7.13. The smallest absolute Gasteiger partial charge is 0.222 e. The van der Waals surface area contributed by atoms with Crippen LogP contribution in [-0.2, 0) is 17.9 Å².